The SMILES string of the molecule is CC1CC(C)CC(NC(=O)CNC(=O)[C@@H](N)C(C)C)C1.Cl. The van der Waals surface area contributed by atoms with Gasteiger partial charge in [-0.25, -0.2) is 0 Å². The van der Waals surface area contributed by atoms with Gasteiger partial charge in [-0.15, -0.1) is 12.4 Å². The number of amides is 2. The van der Waals surface area contributed by atoms with Crippen LogP contribution in [0.2, 0.25) is 0 Å². The molecule has 0 heterocycles. The lowest BCUT2D eigenvalue weighted by molar-refractivity contribution is -0.127. The topological polar surface area (TPSA) is 84.2 Å². The molecule has 2 amide bonds. The van der Waals surface area contributed by atoms with Gasteiger partial charge in [0.1, 0.15) is 0 Å². The molecule has 124 valence electrons. The molecule has 0 radical (unpaired) electrons. The fourth-order valence-corrected chi connectivity index (χ4v) is 2.93. The molecule has 1 rings (SSSR count). The summed E-state index contributed by atoms with van der Waals surface area (Å²) in [4.78, 5) is 23.5. The second kappa shape index (κ2) is 9.26. The molecule has 1 saturated carbocycles. The number of nitrogens with two attached hydrogens (primary N) is 1. The summed E-state index contributed by atoms with van der Waals surface area (Å²) in [5, 5.41) is 5.61. The van der Waals surface area contributed by atoms with Crippen LogP contribution in [0, 0.1) is 17.8 Å². The Morgan fingerprint density at radius 3 is 2.14 bits per heavy atom. The van der Waals surface area contributed by atoms with E-state index in [9.17, 15) is 9.59 Å². The molecule has 3 atom stereocenters. The first-order chi connectivity index (χ1) is 9.29. The number of rotatable bonds is 5. The molecular formula is C15H30ClN3O2. The van der Waals surface area contributed by atoms with Crippen molar-refractivity contribution in [3.63, 3.8) is 0 Å². The van der Waals surface area contributed by atoms with Gasteiger partial charge in [0.05, 0.1) is 12.6 Å². The summed E-state index contributed by atoms with van der Waals surface area (Å²) in [6.07, 6.45) is 3.28. The molecule has 2 unspecified atom stereocenters. The van der Waals surface area contributed by atoms with Crippen LogP contribution >= 0.6 is 12.4 Å². The summed E-state index contributed by atoms with van der Waals surface area (Å²) >= 11 is 0. The minimum Gasteiger partial charge on any atom is -0.352 e. The highest BCUT2D eigenvalue weighted by Gasteiger charge is 2.25. The molecule has 1 aliphatic carbocycles. The average Bonchev–Trinajstić information content (AvgIpc) is 2.33. The van der Waals surface area contributed by atoms with Crippen molar-refractivity contribution in [1.29, 1.82) is 0 Å². The van der Waals surface area contributed by atoms with E-state index in [0.717, 1.165) is 12.8 Å². The summed E-state index contributed by atoms with van der Waals surface area (Å²) in [6.45, 7) is 8.22. The zero-order valence-electron chi connectivity index (χ0n) is 13.5. The molecule has 0 saturated heterocycles. The first kappa shape index (κ1) is 20.2. The molecule has 0 bridgehead atoms. The smallest absolute Gasteiger partial charge is 0.239 e. The predicted octanol–water partition coefficient (Wildman–Crippen LogP) is 1.45. The number of hydrogen-bond acceptors (Lipinski definition) is 3. The van der Waals surface area contributed by atoms with Gasteiger partial charge in [-0.05, 0) is 37.0 Å². The van der Waals surface area contributed by atoms with E-state index in [-0.39, 0.29) is 42.7 Å². The van der Waals surface area contributed by atoms with Gasteiger partial charge in [-0.3, -0.25) is 9.59 Å². The maximum Gasteiger partial charge on any atom is 0.239 e. The van der Waals surface area contributed by atoms with Gasteiger partial charge < -0.3 is 16.4 Å². The summed E-state index contributed by atoms with van der Waals surface area (Å²) in [5.41, 5.74) is 5.72. The van der Waals surface area contributed by atoms with Crippen molar-refractivity contribution in [2.45, 2.75) is 59.0 Å². The van der Waals surface area contributed by atoms with Crippen molar-refractivity contribution < 1.29 is 9.59 Å². The Labute approximate surface area is 134 Å². The minimum atomic E-state index is -0.558. The minimum absolute atomic E-state index is 0. The van der Waals surface area contributed by atoms with E-state index in [1.54, 1.807) is 0 Å². The van der Waals surface area contributed by atoms with E-state index in [0.29, 0.717) is 11.8 Å². The zero-order valence-corrected chi connectivity index (χ0v) is 14.3. The van der Waals surface area contributed by atoms with Crippen molar-refractivity contribution in [1.82, 2.24) is 10.6 Å². The lowest BCUT2D eigenvalue weighted by atomic mass is 9.80. The average molecular weight is 320 g/mol. The molecular weight excluding hydrogens is 290 g/mol. The van der Waals surface area contributed by atoms with E-state index < -0.39 is 6.04 Å². The van der Waals surface area contributed by atoms with Gasteiger partial charge in [0.15, 0.2) is 0 Å². The monoisotopic (exact) mass is 319 g/mol. The van der Waals surface area contributed by atoms with Crippen LogP contribution in [0.5, 0.6) is 0 Å². The summed E-state index contributed by atoms with van der Waals surface area (Å²) in [5.74, 6) is 0.972. The second-order valence-electron chi connectivity index (χ2n) is 6.67. The highest BCUT2D eigenvalue weighted by molar-refractivity contribution is 5.87. The quantitative estimate of drug-likeness (QED) is 0.717. The van der Waals surface area contributed by atoms with Crippen LogP contribution in [0.15, 0.2) is 0 Å². The highest BCUT2D eigenvalue weighted by atomic mass is 35.5. The standard InChI is InChI=1S/C15H29N3O2.ClH/c1-9(2)14(16)15(20)17-8-13(19)18-12-6-10(3)5-11(4)7-12;/h9-12,14H,5-8,16H2,1-4H3,(H,17,20)(H,18,19);1H/t10?,11?,12?,14-;/m0./s1. The van der Waals surface area contributed by atoms with E-state index in [1.165, 1.54) is 6.42 Å². The normalized spacial score (nSPS) is 26.7. The zero-order chi connectivity index (χ0) is 15.3. The van der Waals surface area contributed by atoms with Gasteiger partial charge >= 0.3 is 0 Å². The lowest BCUT2D eigenvalue weighted by Gasteiger charge is -2.32. The van der Waals surface area contributed by atoms with E-state index in [2.05, 4.69) is 24.5 Å². The molecule has 1 aliphatic rings. The number of nitrogens with one attached hydrogen (secondary N) is 2. The summed E-state index contributed by atoms with van der Waals surface area (Å²) < 4.78 is 0. The molecule has 5 nitrogen and oxygen atoms in total. The predicted molar refractivity (Wildman–Crippen MR) is 87.2 cm³/mol. The largest absolute Gasteiger partial charge is 0.352 e. The van der Waals surface area contributed by atoms with Crippen LogP contribution in [0.4, 0.5) is 0 Å². The molecule has 0 spiro atoms. The molecule has 1 fully saturated rings. The summed E-state index contributed by atoms with van der Waals surface area (Å²) in [7, 11) is 0. The van der Waals surface area contributed by atoms with E-state index in [1.807, 2.05) is 13.8 Å². The van der Waals surface area contributed by atoms with Gasteiger partial charge in [0, 0.05) is 6.04 Å². The molecule has 0 aromatic rings. The number of hydrogen-bond donors (Lipinski definition) is 3. The van der Waals surface area contributed by atoms with Crippen molar-refractivity contribution in [2.24, 2.45) is 23.5 Å². The van der Waals surface area contributed by atoms with Gasteiger partial charge in [0.2, 0.25) is 11.8 Å². The van der Waals surface area contributed by atoms with Crippen molar-refractivity contribution in [3.05, 3.63) is 0 Å². The first-order valence-electron chi connectivity index (χ1n) is 7.62. The Balaban J connectivity index is 0.00000400. The third-order valence-electron chi connectivity index (χ3n) is 3.99. The van der Waals surface area contributed by atoms with Crippen LogP contribution in [-0.4, -0.2) is 30.4 Å². The lowest BCUT2D eigenvalue weighted by Crippen LogP contribution is -2.49. The van der Waals surface area contributed by atoms with Crippen molar-refractivity contribution in [2.75, 3.05) is 6.54 Å². The van der Waals surface area contributed by atoms with Gasteiger partial charge in [0.25, 0.3) is 0 Å². The fourth-order valence-electron chi connectivity index (χ4n) is 2.93. The molecule has 21 heavy (non-hydrogen) atoms. The molecule has 0 aliphatic heterocycles. The van der Waals surface area contributed by atoms with Crippen molar-refractivity contribution >= 4 is 24.2 Å². The fraction of sp³-hybridized carbons (Fsp3) is 0.867. The number of carbonyl (C=O) groups excluding carboxylic acids is 2. The Morgan fingerprint density at radius 1 is 1.14 bits per heavy atom. The molecule has 6 heteroatoms. The maximum absolute atomic E-state index is 11.9. The number of carbonyl (C=O) groups is 2. The van der Waals surface area contributed by atoms with E-state index in [4.69, 9.17) is 5.73 Å². The van der Waals surface area contributed by atoms with Crippen LogP contribution < -0.4 is 16.4 Å². The van der Waals surface area contributed by atoms with Gasteiger partial charge in [-0.2, -0.15) is 0 Å². The molecule has 0 aromatic heterocycles. The van der Waals surface area contributed by atoms with Crippen LogP contribution in [-0.2, 0) is 9.59 Å². The van der Waals surface area contributed by atoms with E-state index >= 15 is 0 Å². The Morgan fingerprint density at radius 2 is 1.67 bits per heavy atom. The van der Waals surface area contributed by atoms with Crippen LogP contribution in [0.25, 0.3) is 0 Å². The highest BCUT2D eigenvalue weighted by Crippen LogP contribution is 2.28. The first-order valence-corrected chi connectivity index (χ1v) is 7.62. The van der Waals surface area contributed by atoms with Crippen LogP contribution in [0.3, 0.4) is 0 Å². The maximum atomic E-state index is 11.9. The molecule has 0 aromatic carbocycles. The Kier molecular flexibility index (Phi) is 8.90. The Hall–Kier alpha value is -0.810. The van der Waals surface area contributed by atoms with Gasteiger partial charge in [-0.1, -0.05) is 27.7 Å². The molecule has 4 N–H and O–H groups in total. The third-order valence-corrected chi connectivity index (χ3v) is 3.99. The third kappa shape index (κ3) is 7.14. The number of halogens is 1. The second-order valence-corrected chi connectivity index (χ2v) is 6.67. The van der Waals surface area contributed by atoms with Crippen molar-refractivity contribution in [3.8, 4) is 0 Å². The Bertz CT molecular complexity index is 340. The van der Waals surface area contributed by atoms with Crippen LogP contribution in [0.1, 0.15) is 47.0 Å². The summed E-state index contributed by atoms with van der Waals surface area (Å²) in [6, 6.07) is -0.325.